The normalized spacial score (nSPS) is 11.2. The number of amides is 2. The smallest absolute Gasteiger partial charge is 0.237 e. The van der Waals surface area contributed by atoms with Crippen molar-refractivity contribution in [3.8, 4) is 0 Å². The highest BCUT2D eigenvalue weighted by atomic mass is 16.2. The van der Waals surface area contributed by atoms with Gasteiger partial charge in [0.1, 0.15) is 13.1 Å². The molecular formula is C13H22N6O2. The summed E-state index contributed by atoms with van der Waals surface area (Å²) < 4.78 is 0. The fraction of sp³-hybridized carbons (Fsp3) is 0.538. The van der Waals surface area contributed by atoms with E-state index >= 15 is 0 Å². The molecule has 0 aliphatic carbocycles. The summed E-state index contributed by atoms with van der Waals surface area (Å²) in [7, 11) is 0. The monoisotopic (exact) mass is 294 g/mol. The summed E-state index contributed by atoms with van der Waals surface area (Å²) in [6.45, 7) is 6.47. The molecule has 0 fully saturated rings. The molecular weight excluding hydrogens is 272 g/mol. The molecule has 0 spiro atoms. The van der Waals surface area contributed by atoms with Gasteiger partial charge in [-0.15, -0.1) is 0 Å². The van der Waals surface area contributed by atoms with E-state index in [1.807, 2.05) is 0 Å². The van der Waals surface area contributed by atoms with E-state index in [1.165, 1.54) is 4.90 Å². The van der Waals surface area contributed by atoms with Crippen LogP contribution in [0.15, 0.2) is 12.4 Å². The van der Waals surface area contributed by atoms with Crippen molar-refractivity contribution in [1.29, 1.82) is 0 Å². The van der Waals surface area contributed by atoms with Gasteiger partial charge in [0.2, 0.25) is 17.8 Å². The quantitative estimate of drug-likeness (QED) is 0.600. The van der Waals surface area contributed by atoms with Gasteiger partial charge in [-0.25, -0.2) is 9.97 Å². The average molecular weight is 294 g/mol. The average Bonchev–Trinajstić information content (AvgIpc) is 2.34. The lowest BCUT2D eigenvalue weighted by Crippen LogP contribution is -2.40. The highest BCUT2D eigenvalue weighted by molar-refractivity contribution is 5.83. The van der Waals surface area contributed by atoms with Crippen molar-refractivity contribution in [2.75, 3.05) is 18.0 Å². The molecule has 0 saturated heterocycles. The van der Waals surface area contributed by atoms with Crippen molar-refractivity contribution < 1.29 is 9.59 Å². The number of rotatable bonds is 7. The Morgan fingerprint density at radius 1 is 1.14 bits per heavy atom. The molecule has 0 radical (unpaired) electrons. The number of aromatic nitrogens is 2. The maximum atomic E-state index is 11.0. The van der Waals surface area contributed by atoms with Crippen LogP contribution in [0.4, 0.5) is 5.95 Å². The first kappa shape index (κ1) is 16.8. The standard InChI is InChI=1S/C13H22N6O2/c1-13(2,3)18-6-9-4-16-12(17-5-9)19(7-10(14)20)8-11(15)21/h4-5,18H,6-8H2,1-3H3,(H2,14,20)(H2,15,21). The first-order valence-corrected chi connectivity index (χ1v) is 6.55. The van der Waals surface area contributed by atoms with E-state index in [9.17, 15) is 9.59 Å². The number of carbonyl (C=O) groups is 2. The molecule has 5 N–H and O–H groups in total. The number of hydrogen-bond donors (Lipinski definition) is 3. The zero-order valence-corrected chi connectivity index (χ0v) is 12.6. The van der Waals surface area contributed by atoms with Gasteiger partial charge in [0.25, 0.3) is 0 Å². The maximum Gasteiger partial charge on any atom is 0.237 e. The third kappa shape index (κ3) is 6.66. The fourth-order valence-corrected chi connectivity index (χ4v) is 1.54. The molecule has 1 aromatic rings. The molecule has 0 atom stereocenters. The van der Waals surface area contributed by atoms with Crippen LogP contribution in [0.1, 0.15) is 26.3 Å². The molecule has 0 aliphatic heterocycles. The third-order valence-corrected chi connectivity index (χ3v) is 2.49. The number of nitrogens with two attached hydrogens (primary N) is 2. The van der Waals surface area contributed by atoms with Crippen LogP contribution in [0.5, 0.6) is 0 Å². The highest BCUT2D eigenvalue weighted by Crippen LogP contribution is 2.08. The zero-order valence-electron chi connectivity index (χ0n) is 12.6. The van der Waals surface area contributed by atoms with Crippen LogP contribution < -0.4 is 21.7 Å². The molecule has 8 heteroatoms. The topological polar surface area (TPSA) is 127 Å². The number of primary amides is 2. The summed E-state index contributed by atoms with van der Waals surface area (Å²) in [6.07, 6.45) is 3.27. The third-order valence-electron chi connectivity index (χ3n) is 2.49. The van der Waals surface area contributed by atoms with Gasteiger partial charge in [0.15, 0.2) is 0 Å². The second-order valence-electron chi connectivity index (χ2n) is 5.78. The van der Waals surface area contributed by atoms with Crippen molar-refractivity contribution in [3.63, 3.8) is 0 Å². The van der Waals surface area contributed by atoms with Gasteiger partial charge < -0.3 is 21.7 Å². The Balaban J connectivity index is 2.77. The molecule has 0 saturated carbocycles. The summed E-state index contributed by atoms with van der Waals surface area (Å²) in [4.78, 5) is 31.6. The summed E-state index contributed by atoms with van der Waals surface area (Å²) in [6, 6.07) is 0. The Bertz CT molecular complexity index is 478. The van der Waals surface area contributed by atoms with E-state index in [0.717, 1.165) is 5.56 Å². The number of anilines is 1. The van der Waals surface area contributed by atoms with E-state index in [0.29, 0.717) is 6.54 Å². The van der Waals surface area contributed by atoms with Crippen LogP contribution in [-0.2, 0) is 16.1 Å². The molecule has 0 aliphatic rings. The molecule has 1 rings (SSSR count). The fourth-order valence-electron chi connectivity index (χ4n) is 1.54. The first-order chi connectivity index (χ1) is 9.67. The minimum atomic E-state index is -0.585. The van der Waals surface area contributed by atoms with Gasteiger partial charge in [-0.05, 0) is 20.8 Å². The Labute approximate surface area is 123 Å². The van der Waals surface area contributed by atoms with E-state index in [1.54, 1.807) is 12.4 Å². The van der Waals surface area contributed by atoms with E-state index in [4.69, 9.17) is 11.5 Å². The largest absolute Gasteiger partial charge is 0.368 e. The number of hydrogen-bond acceptors (Lipinski definition) is 6. The molecule has 0 unspecified atom stereocenters. The number of nitrogens with one attached hydrogen (secondary N) is 1. The second kappa shape index (κ2) is 6.98. The van der Waals surface area contributed by atoms with E-state index in [-0.39, 0.29) is 24.6 Å². The SMILES string of the molecule is CC(C)(C)NCc1cnc(N(CC(N)=O)CC(N)=O)nc1. The van der Waals surface area contributed by atoms with Crippen LogP contribution in [0.2, 0.25) is 0 Å². The molecule has 8 nitrogen and oxygen atoms in total. The first-order valence-electron chi connectivity index (χ1n) is 6.55. The van der Waals surface area contributed by atoms with Crippen LogP contribution >= 0.6 is 0 Å². The minimum absolute atomic E-state index is 0.0113. The van der Waals surface area contributed by atoms with Crippen LogP contribution in [0, 0.1) is 0 Å². The van der Waals surface area contributed by atoms with E-state index in [2.05, 4.69) is 36.1 Å². The van der Waals surface area contributed by atoms with Gasteiger partial charge in [-0.1, -0.05) is 0 Å². The van der Waals surface area contributed by atoms with Crippen molar-refractivity contribution in [1.82, 2.24) is 15.3 Å². The van der Waals surface area contributed by atoms with Gasteiger partial charge in [0.05, 0.1) is 0 Å². The Morgan fingerprint density at radius 3 is 2.00 bits per heavy atom. The zero-order chi connectivity index (χ0) is 16.0. The number of nitrogens with zero attached hydrogens (tertiary/aromatic N) is 3. The Morgan fingerprint density at radius 2 is 1.62 bits per heavy atom. The predicted molar refractivity (Wildman–Crippen MR) is 79.2 cm³/mol. The summed E-state index contributed by atoms with van der Waals surface area (Å²) in [5.74, 6) is -0.927. The summed E-state index contributed by atoms with van der Waals surface area (Å²) >= 11 is 0. The van der Waals surface area contributed by atoms with Crippen LogP contribution in [-0.4, -0.2) is 40.4 Å². The summed E-state index contributed by atoms with van der Waals surface area (Å²) in [5.41, 5.74) is 11.2. The maximum absolute atomic E-state index is 11.0. The van der Waals surface area contributed by atoms with Gasteiger partial charge in [-0.3, -0.25) is 9.59 Å². The second-order valence-corrected chi connectivity index (χ2v) is 5.78. The molecule has 1 aromatic heterocycles. The van der Waals surface area contributed by atoms with Crippen molar-refractivity contribution >= 4 is 17.8 Å². The molecule has 0 aromatic carbocycles. The van der Waals surface area contributed by atoms with Crippen molar-refractivity contribution in [2.45, 2.75) is 32.9 Å². The van der Waals surface area contributed by atoms with Gasteiger partial charge in [-0.2, -0.15) is 0 Å². The van der Waals surface area contributed by atoms with Crippen LogP contribution in [0.25, 0.3) is 0 Å². The lowest BCUT2D eigenvalue weighted by atomic mass is 10.1. The van der Waals surface area contributed by atoms with Crippen molar-refractivity contribution in [3.05, 3.63) is 18.0 Å². The molecule has 21 heavy (non-hydrogen) atoms. The van der Waals surface area contributed by atoms with Gasteiger partial charge in [0, 0.05) is 30.0 Å². The number of carbonyl (C=O) groups excluding carboxylic acids is 2. The Kier molecular flexibility index (Phi) is 5.60. The van der Waals surface area contributed by atoms with E-state index < -0.39 is 11.8 Å². The lowest BCUT2D eigenvalue weighted by molar-refractivity contribution is -0.117. The summed E-state index contributed by atoms with van der Waals surface area (Å²) in [5, 5.41) is 3.31. The Hall–Kier alpha value is -2.22. The minimum Gasteiger partial charge on any atom is -0.368 e. The molecule has 0 bridgehead atoms. The molecule has 2 amide bonds. The van der Waals surface area contributed by atoms with Gasteiger partial charge >= 0.3 is 0 Å². The molecule has 1 heterocycles. The lowest BCUT2D eigenvalue weighted by Gasteiger charge is -2.21. The van der Waals surface area contributed by atoms with Crippen LogP contribution in [0.3, 0.4) is 0 Å². The predicted octanol–water partition coefficient (Wildman–Crippen LogP) is -0.858. The molecule has 116 valence electrons. The van der Waals surface area contributed by atoms with Crippen molar-refractivity contribution in [2.24, 2.45) is 11.5 Å². The highest BCUT2D eigenvalue weighted by Gasteiger charge is 2.15.